The minimum absolute atomic E-state index is 0.0658. The fourth-order valence-electron chi connectivity index (χ4n) is 4.10. The average Bonchev–Trinajstić information content (AvgIpc) is 2.88. The van der Waals surface area contributed by atoms with Crippen LogP contribution in [0.5, 0.6) is 0 Å². The lowest BCUT2D eigenvalue weighted by atomic mass is 9.98. The van der Waals surface area contributed by atoms with E-state index in [0.717, 1.165) is 15.3 Å². The molecule has 10 heteroatoms. The number of piperidine rings is 1. The zero-order valence-corrected chi connectivity index (χ0v) is 19.2. The van der Waals surface area contributed by atoms with E-state index in [1.165, 1.54) is 23.1 Å². The van der Waals surface area contributed by atoms with E-state index < -0.39 is 40.6 Å². The van der Waals surface area contributed by atoms with E-state index >= 15 is 0 Å². The molecule has 1 aliphatic heterocycles. The van der Waals surface area contributed by atoms with Crippen molar-refractivity contribution in [1.29, 1.82) is 0 Å². The van der Waals surface area contributed by atoms with Crippen LogP contribution >= 0.6 is 0 Å². The largest absolute Gasteiger partial charge is 0.466 e. The number of nitrogens with zero attached hydrogens (tertiary/aromatic N) is 4. The molecule has 0 saturated carbocycles. The van der Waals surface area contributed by atoms with Gasteiger partial charge in [0.15, 0.2) is 0 Å². The van der Waals surface area contributed by atoms with E-state index in [2.05, 4.69) is 5.10 Å². The third kappa shape index (κ3) is 5.06. The molecular formula is C25H25FN4O5. The van der Waals surface area contributed by atoms with Gasteiger partial charge in [-0.1, -0.05) is 42.5 Å². The van der Waals surface area contributed by atoms with Gasteiger partial charge < -0.3 is 9.64 Å². The maximum atomic E-state index is 14.6. The molecule has 9 nitrogen and oxygen atoms in total. The molecule has 0 radical (unpaired) electrons. The van der Waals surface area contributed by atoms with Crippen LogP contribution in [0, 0.1) is 11.7 Å². The first-order valence-electron chi connectivity index (χ1n) is 11.4. The Hall–Kier alpha value is -4.08. The van der Waals surface area contributed by atoms with Gasteiger partial charge in [0.1, 0.15) is 11.5 Å². The molecule has 3 aromatic rings. The lowest BCUT2D eigenvalue weighted by Crippen LogP contribution is -2.49. The van der Waals surface area contributed by atoms with E-state index in [9.17, 15) is 23.6 Å². The maximum Gasteiger partial charge on any atom is 0.352 e. The second-order valence-corrected chi connectivity index (χ2v) is 8.21. The highest BCUT2D eigenvalue weighted by molar-refractivity contribution is 5.92. The van der Waals surface area contributed by atoms with Gasteiger partial charge in [-0.15, -0.1) is 0 Å². The third-order valence-electron chi connectivity index (χ3n) is 5.86. The summed E-state index contributed by atoms with van der Waals surface area (Å²) >= 11 is 0. The third-order valence-corrected chi connectivity index (χ3v) is 5.86. The number of amides is 1. The summed E-state index contributed by atoms with van der Waals surface area (Å²) in [5.74, 6) is -2.38. The smallest absolute Gasteiger partial charge is 0.352 e. The fourth-order valence-corrected chi connectivity index (χ4v) is 4.10. The zero-order valence-electron chi connectivity index (χ0n) is 19.2. The van der Waals surface area contributed by atoms with Crippen molar-refractivity contribution in [3.05, 3.63) is 92.5 Å². The number of halogens is 1. The molecular weight excluding hydrogens is 455 g/mol. The summed E-state index contributed by atoms with van der Waals surface area (Å²) < 4.78 is 21.3. The normalized spacial score (nSPS) is 15.6. The van der Waals surface area contributed by atoms with Gasteiger partial charge in [-0.2, -0.15) is 9.78 Å². The van der Waals surface area contributed by atoms with E-state index in [-0.39, 0.29) is 25.4 Å². The topological polar surface area (TPSA) is 104 Å². The van der Waals surface area contributed by atoms with Crippen molar-refractivity contribution in [2.75, 3.05) is 19.7 Å². The Kier molecular flexibility index (Phi) is 7.19. The van der Waals surface area contributed by atoms with Crippen molar-refractivity contribution in [3.8, 4) is 5.69 Å². The van der Waals surface area contributed by atoms with Gasteiger partial charge in [-0.05, 0) is 37.5 Å². The summed E-state index contributed by atoms with van der Waals surface area (Å²) in [6.45, 7) is 2.18. The highest BCUT2D eigenvalue weighted by atomic mass is 19.1. The van der Waals surface area contributed by atoms with Crippen LogP contribution in [-0.4, -0.2) is 50.8 Å². The molecule has 1 saturated heterocycles. The van der Waals surface area contributed by atoms with Gasteiger partial charge >= 0.3 is 11.7 Å². The van der Waals surface area contributed by atoms with Crippen molar-refractivity contribution >= 4 is 11.9 Å². The summed E-state index contributed by atoms with van der Waals surface area (Å²) in [5.41, 5.74) is -1.81. The minimum Gasteiger partial charge on any atom is -0.466 e. The number of hydrogen-bond acceptors (Lipinski definition) is 6. The first-order chi connectivity index (χ1) is 16.9. The Bertz CT molecular complexity index is 1350. The summed E-state index contributed by atoms with van der Waals surface area (Å²) in [6.07, 6.45) is 1.10. The number of aromatic nitrogens is 3. The Morgan fingerprint density at radius 2 is 1.80 bits per heavy atom. The van der Waals surface area contributed by atoms with E-state index in [4.69, 9.17) is 4.74 Å². The molecule has 182 valence electrons. The van der Waals surface area contributed by atoms with Crippen LogP contribution in [0.2, 0.25) is 0 Å². The molecule has 0 aliphatic carbocycles. The van der Waals surface area contributed by atoms with Gasteiger partial charge in [-0.25, -0.2) is 9.18 Å². The van der Waals surface area contributed by atoms with Crippen molar-refractivity contribution in [2.24, 2.45) is 5.92 Å². The number of likely N-dealkylation sites (tertiary alicyclic amines) is 1. The van der Waals surface area contributed by atoms with Crippen LogP contribution < -0.4 is 11.2 Å². The molecule has 0 N–H and O–H groups in total. The van der Waals surface area contributed by atoms with Gasteiger partial charge in [0.2, 0.25) is 5.69 Å². The van der Waals surface area contributed by atoms with Crippen LogP contribution in [0.15, 0.2) is 64.2 Å². The average molecular weight is 480 g/mol. The lowest BCUT2D eigenvalue weighted by Gasteiger charge is -2.31. The molecule has 2 heterocycles. The Labute approximate surface area is 200 Å². The number of carbonyl (C=O) groups excluding carboxylic acids is 2. The molecule has 0 bridgehead atoms. The minimum atomic E-state index is -0.880. The van der Waals surface area contributed by atoms with Crippen molar-refractivity contribution in [1.82, 2.24) is 19.2 Å². The second-order valence-electron chi connectivity index (χ2n) is 8.21. The highest BCUT2D eigenvalue weighted by Crippen LogP contribution is 2.19. The van der Waals surface area contributed by atoms with E-state index in [0.29, 0.717) is 24.9 Å². The van der Waals surface area contributed by atoms with E-state index in [1.54, 1.807) is 37.3 Å². The predicted molar refractivity (Wildman–Crippen MR) is 125 cm³/mol. The van der Waals surface area contributed by atoms with Crippen molar-refractivity contribution in [3.63, 3.8) is 0 Å². The first-order valence-corrected chi connectivity index (χ1v) is 11.4. The fraction of sp³-hybridized carbons (Fsp3) is 0.320. The molecule has 1 unspecified atom stereocenters. The number of benzene rings is 2. The summed E-state index contributed by atoms with van der Waals surface area (Å²) in [6, 6.07) is 14.2. The van der Waals surface area contributed by atoms with E-state index in [1.807, 2.05) is 0 Å². The first kappa shape index (κ1) is 24.1. The molecule has 1 aliphatic rings. The Morgan fingerprint density at radius 3 is 2.51 bits per heavy atom. The molecule has 0 spiro atoms. The number of carbonyl (C=O) groups is 2. The molecule has 35 heavy (non-hydrogen) atoms. The van der Waals surface area contributed by atoms with Crippen LogP contribution in [-0.2, 0) is 16.1 Å². The molecule has 4 rings (SSSR count). The summed E-state index contributed by atoms with van der Waals surface area (Å²) in [4.78, 5) is 53.5. The van der Waals surface area contributed by atoms with Gasteiger partial charge in [0.25, 0.3) is 11.5 Å². The van der Waals surface area contributed by atoms with Gasteiger partial charge in [0, 0.05) is 13.1 Å². The van der Waals surface area contributed by atoms with Crippen LogP contribution in [0.25, 0.3) is 5.69 Å². The lowest BCUT2D eigenvalue weighted by molar-refractivity contribution is -0.149. The summed E-state index contributed by atoms with van der Waals surface area (Å²) in [7, 11) is 0. The predicted octanol–water partition coefficient (Wildman–Crippen LogP) is 2.00. The molecule has 1 aromatic heterocycles. The van der Waals surface area contributed by atoms with Crippen LogP contribution in [0.3, 0.4) is 0 Å². The van der Waals surface area contributed by atoms with Crippen LogP contribution in [0.4, 0.5) is 4.39 Å². The van der Waals surface area contributed by atoms with Crippen molar-refractivity contribution in [2.45, 2.75) is 26.3 Å². The molecule has 2 aromatic carbocycles. The number of ether oxygens (including phenoxy) is 1. The summed E-state index contributed by atoms with van der Waals surface area (Å²) in [5, 5.41) is 4.01. The Balaban J connectivity index is 1.79. The zero-order chi connectivity index (χ0) is 24.9. The van der Waals surface area contributed by atoms with Crippen molar-refractivity contribution < 1.29 is 18.7 Å². The number of esters is 1. The number of rotatable bonds is 6. The molecule has 1 fully saturated rings. The quantitative estimate of drug-likeness (QED) is 0.500. The van der Waals surface area contributed by atoms with Gasteiger partial charge in [0.05, 0.1) is 19.1 Å². The maximum absolute atomic E-state index is 14.6. The molecule has 1 amide bonds. The van der Waals surface area contributed by atoms with Gasteiger partial charge in [-0.3, -0.25) is 19.0 Å². The Morgan fingerprint density at radius 1 is 1.09 bits per heavy atom. The number of para-hydroxylation sites is 1. The SMILES string of the molecule is CCOC(=O)C1CCCN(C(=O)c2nn(-c3ccccc3F)c(=O)n(Cc3ccccc3)c2=O)C1. The molecule has 1 atom stereocenters. The number of hydrogen-bond donors (Lipinski definition) is 0. The highest BCUT2D eigenvalue weighted by Gasteiger charge is 2.32. The second kappa shape index (κ2) is 10.5. The van der Waals surface area contributed by atoms with Crippen LogP contribution in [0.1, 0.15) is 35.8 Å². The monoisotopic (exact) mass is 480 g/mol. The standard InChI is InChI=1S/C25H25FN4O5/c1-2-35-24(33)18-11-8-14-28(16-18)22(31)21-23(32)29(15-17-9-4-3-5-10-17)25(34)30(27-21)20-13-7-6-12-19(20)26/h3-7,9-10,12-13,18H,2,8,11,14-16H2,1H3.